The Morgan fingerprint density at radius 3 is 2.40 bits per heavy atom. The maximum Gasteiger partial charge on any atom is 2.00 e. The monoisotopic (exact) mass is 171 g/mol. The van der Waals surface area contributed by atoms with E-state index in [2.05, 4.69) is 12.2 Å². The van der Waals surface area contributed by atoms with Gasteiger partial charge in [-0.3, -0.25) is 0 Å². The van der Waals surface area contributed by atoms with Crippen LogP contribution in [0.3, 0.4) is 0 Å². The zero-order valence-corrected chi connectivity index (χ0v) is 8.82. The first-order valence-electron chi connectivity index (χ1n) is 3.60. The van der Waals surface area contributed by atoms with Crippen LogP contribution in [-0.2, 0) is 0 Å². The van der Waals surface area contributed by atoms with Gasteiger partial charge in [-0.15, -0.1) is 12.6 Å². The molecule has 0 saturated carbocycles. The first kappa shape index (κ1) is 13.6. The molecule has 0 radical (unpaired) electrons. The molecule has 1 saturated heterocycles. The molecule has 1 unspecified atom stereocenters. The quantitative estimate of drug-likeness (QED) is 0.448. The third-order valence-corrected chi connectivity index (χ3v) is 1.80. The number of hydrogen-bond donors (Lipinski definition) is 0. The molecule has 1 atom stereocenters. The third kappa shape index (κ3) is 4.77. The molecule has 1 aliphatic heterocycles. The minimum Gasteiger partial charge on any atom is -1.00 e. The molecule has 1 rings (SSSR count). The molecular formula is C7H14ClMgN. The van der Waals surface area contributed by atoms with Gasteiger partial charge >= 0.3 is 23.1 Å². The van der Waals surface area contributed by atoms with Gasteiger partial charge in [-0.05, 0) is 0 Å². The van der Waals surface area contributed by atoms with Crippen molar-refractivity contribution >= 4 is 23.1 Å². The van der Waals surface area contributed by atoms with Crippen molar-refractivity contribution in [3.63, 3.8) is 0 Å². The minimum absolute atomic E-state index is 0. The Kier molecular flexibility index (Phi) is 11.0. The summed E-state index contributed by atoms with van der Waals surface area (Å²) < 4.78 is 0. The van der Waals surface area contributed by atoms with Crippen molar-refractivity contribution in [3.8, 4) is 0 Å². The van der Waals surface area contributed by atoms with Gasteiger partial charge in [0, 0.05) is 0 Å². The standard InChI is InChI=1S/C7H14N.ClH.Mg/c1-2-7-5-3-4-6-8-7;;/h7H,2-6H2,1H3;1H;/q-1;;+2/p-1. The van der Waals surface area contributed by atoms with E-state index in [4.69, 9.17) is 0 Å². The van der Waals surface area contributed by atoms with Gasteiger partial charge in [-0.1, -0.05) is 32.6 Å². The Hall–Kier alpha value is 1.02. The van der Waals surface area contributed by atoms with Gasteiger partial charge in [-0.2, -0.15) is 0 Å². The van der Waals surface area contributed by atoms with E-state index < -0.39 is 0 Å². The summed E-state index contributed by atoms with van der Waals surface area (Å²) >= 11 is 0. The number of hydrogen-bond acceptors (Lipinski definition) is 0. The summed E-state index contributed by atoms with van der Waals surface area (Å²) in [6.45, 7) is 3.35. The average molecular weight is 172 g/mol. The molecule has 10 heavy (non-hydrogen) atoms. The third-order valence-electron chi connectivity index (χ3n) is 1.80. The van der Waals surface area contributed by atoms with Gasteiger partial charge in [-0.25, -0.2) is 0 Å². The van der Waals surface area contributed by atoms with Crippen LogP contribution in [0.1, 0.15) is 32.6 Å². The SMILES string of the molecule is CCC1CCCC[N-]1.[Cl-].[Mg+2]. The summed E-state index contributed by atoms with van der Waals surface area (Å²) in [7, 11) is 0. The second-order valence-corrected chi connectivity index (χ2v) is 2.46. The van der Waals surface area contributed by atoms with Crippen molar-refractivity contribution < 1.29 is 12.4 Å². The van der Waals surface area contributed by atoms with Crippen LogP contribution in [0, 0.1) is 0 Å². The normalized spacial score (nSPS) is 24.3. The minimum atomic E-state index is 0. The summed E-state index contributed by atoms with van der Waals surface area (Å²) in [6.07, 6.45) is 5.33. The smallest absolute Gasteiger partial charge is 1.00 e. The zero-order chi connectivity index (χ0) is 5.82. The van der Waals surface area contributed by atoms with E-state index >= 15 is 0 Å². The predicted molar refractivity (Wildman–Crippen MR) is 41.9 cm³/mol. The molecule has 0 N–H and O–H groups in total. The van der Waals surface area contributed by atoms with Crippen LogP contribution < -0.4 is 12.4 Å². The zero-order valence-electron chi connectivity index (χ0n) is 6.65. The van der Waals surface area contributed by atoms with Crippen molar-refractivity contribution in [2.24, 2.45) is 0 Å². The Morgan fingerprint density at radius 2 is 2.10 bits per heavy atom. The molecule has 1 heterocycles. The first-order valence-corrected chi connectivity index (χ1v) is 3.60. The second kappa shape index (κ2) is 8.12. The number of rotatable bonds is 1. The Bertz CT molecular complexity index is 64.6. The second-order valence-electron chi connectivity index (χ2n) is 2.46. The van der Waals surface area contributed by atoms with E-state index in [0.717, 1.165) is 6.54 Å². The summed E-state index contributed by atoms with van der Waals surface area (Å²) in [4.78, 5) is 0. The van der Waals surface area contributed by atoms with Gasteiger partial charge in [0.25, 0.3) is 0 Å². The van der Waals surface area contributed by atoms with E-state index in [-0.39, 0.29) is 35.5 Å². The van der Waals surface area contributed by atoms with Gasteiger partial charge in [0.1, 0.15) is 0 Å². The fourth-order valence-corrected chi connectivity index (χ4v) is 1.19. The largest absolute Gasteiger partial charge is 2.00 e. The maximum absolute atomic E-state index is 4.45. The van der Waals surface area contributed by atoms with Gasteiger partial charge in [0.15, 0.2) is 0 Å². The van der Waals surface area contributed by atoms with E-state index in [1.165, 1.54) is 25.7 Å². The number of nitrogens with zero attached hydrogens (tertiary/aromatic N) is 1. The van der Waals surface area contributed by atoms with E-state index in [1.807, 2.05) is 0 Å². The van der Waals surface area contributed by atoms with Crippen LogP contribution in [0.15, 0.2) is 0 Å². The van der Waals surface area contributed by atoms with Gasteiger partial charge < -0.3 is 17.7 Å². The molecule has 3 heteroatoms. The Labute approximate surface area is 85.9 Å². The molecule has 0 amide bonds. The van der Waals surface area contributed by atoms with Crippen molar-refractivity contribution in [2.45, 2.75) is 38.6 Å². The average Bonchev–Trinajstić information content (AvgIpc) is 1.90. The van der Waals surface area contributed by atoms with Crippen molar-refractivity contribution in [3.05, 3.63) is 5.32 Å². The van der Waals surface area contributed by atoms with Crippen LogP contribution in [0.25, 0.3) is 5.32 Å². The van der Waals surface area contributed by atoms with Crippen LogP contribution in [0.4, 0.5) is 0 Å². The molecule has 0 aliphatic carbocycles. The first-order chi connectivity index (χ1) is 3.93. The molecule has 1 nitrogen and oxygen atoms in total. The number of halogens is 1. The van der Waals surface area contributed by atoms with Crippen LogP contribution in [0.5, 0.6) is 0 Å². The predicted octanol–water partition coefficient (Wildman–Crippen LogP) is -1.05. The molecule has 0 aromatic heterocycles. The summed E-state index contributed by atoms with van der Waals surface area (Å²) in [5, 5.41) is 4.45. The van der Waals surface area contributed by atoms with Gasteiger partial charge in [0.2, 0.25) is 0 Å². The molecule has 56 valence electrons. The molecular weight excluding hydrogens is 158 g/mol. The Morgan fingerprint density at radius 1 is 1.40 bits per heavy atom. The molecule has 0 aromatic carbocycles. The Balaban J connectivity index is 0. The van der Waals surface area contributed by atoms with E-state index in [0.29, 0.717) is 6.04 Å². The maximum atomic E-state index is 4.45. The molecule has 0 spiro atoms. The van der Waals surface area contributed by atoms with Crippen LogP contribution >= 0.6 is 0 Å². The van der Waals surface area contributed by atoms with Crippen molar-refractivity contribution in [2.75, 3.05) is 6.54 Å². The van der Waals surface area contributed by atoms with E-state index in [9.17, 15) is 0 Å². The van der Waals surface area contributed by atoms with Crippen molar-refractivity contribution in [1.82, 2.24) is 0 Å². The van der Waals surface area contributed by atoms with E-state index in [1.54, 1.807) is 0 Å². The summed E-state index contributed by atoms with van der Waals surface area (Å²) in [5.74, 6) is 0. The molecule has 0 aromatic rings. The fraction of sp³-hybridized carbons (Fsp3) is 1.00. The summed E-state index contributed by atoms with van der Waals surface area (Å²) in [5.41, 5.74) is 0. The van der Waals surface area contributed by atoms with Gasteiger partial charge in [0.05, 0.1) is 0 Å². The number of piperidine rings is 1. The molecule has 1 fully saturated rings. The molecule has 1 aliphatic rings. The molecule has 0 bridgehead atoms. The topological polar surface area (TPSA) is 14.1 Å². The van der Waals surface area contributed by atoms with Crippen LogP contribution in [-0.4, -0.2) is 35.6 Å². The summed E-state index contributed by atoms with van der Waals surface area (Å²) in [6, 6.07) is 0.712. The van der Waals surface area contributed by atoms with Crippen LogP contribution in [0.2, 0.25) is 0 Å². The fourth-order valence-electron chi connectivity index (χ4n) is 1.19. The van der Waals surface area contributed by atoms with Crippen molar-refractivity contribution in [1.29, 1.82) is 0 Å².